The summed E-state index contributed by atoms with van der Waals surface area (Å²) in [6, 6.07) is 0. The lowest BCUT2D eigenvalue weighted by molar-refractivity contribution is -0.285. The Kier molecular flexibility index (Phi) is 4.41. The van der Waals surface area contributed by atoms with Crippen LogP contribution in [0.1, 0.15) is 0 Å². The molecule has 1 heterocycles. The Balaban J connectivity index is 2.57. The number of hydrogen-bond acceptors (Lipinski definition) is 7. The van der Waals surface area contributed by atoms with Crippen molar-refractivity contribution in [2.24, 2.45) is 0 Å². The quantitative estimate of drug-likeness (QED) is 0.289. The molecule has 16 heavy (non-hydrogen) atoms. The zero-order valence-corrected chi connectivity index (χ0v) is 8.84. The molecule has 0 aromatic heterocycles. The van der Waals surface area contributed by atoms with Crippen molar-refractivity contribution in [3.8, 4) is 0 Å². The van der Waals surface area contributed by atoms with Gasteiger partial charge >= 0.3 is 7.82 Å². The van der Waals surface area contributed by atoms with E-state index in [0.29, 0.717) is 0 Å². The van der Waals surface area contributed by atoms with E-state index in [1.807, 2.05) is 0 Å². The molecule has 0 bridgehead atoms. The van der Waals surface area contributed by atoms with Crippen molar-refractivity contribution in [3.05, 3.63) is 0 Å². The lowest BCUT2D eigenvalue weighted by atomic mass is 10.00. The minimum atomic E-state index is -4.73. The summed E-state index contributed by atoms with van der Waals surface area (Å²) in [5.74, 6) is 0. The highest BCUT2D eigenvalue weighted by Gasteiger charge is 2.43. The Bertz CT molecular complexity index is 277. The van der Waals surface area contributed by atoms with E-state index in [1.54, 1.807) is 0 Å². The van der Waals surface area contributed by atoms with Gasteiger partial charge in [-0.15, -0.1) is 0 Å². The van der Waals surface area contributed by atoms with E-state index in [9.17, 15) is 14.8 Å². The van der Waals surface area contributed by atoms with Crippen LogP contribution >= 0.6 is 7.82 Å². The third-order valence-electron chi connectivity index (χ3n) is 2.09. The molecule has 3 unspecified atom stereocenters. The molecular weight excluding hydrogens is 247 g/mol. The molecule has 1 rings (SSSR count). The molecule has 1 aliphatic rings. The van der Waals surface area contributed by atoms with Gasteiger partial charge in [0.15, 0.2) is 6.29 Å². The first-order valence-corrected chi connectivity index (χ1v) is 5.83. The van der Waals surface area contributed by atoms with Gasteiger partial charge in [-0.1, -0.05) is 0 Å². The largest absolute Gasteiger partial charge is 0.469 e. The van der Waals surface area contributed by atoms with Gasteiger partial charge in [0.25, 0.3) is 0 Å². The topological polar surface area (TPSA) is 157 Å². The molecule has 0 aliphatic carbocycles. The van der Waals surface area contributed by atoms with Crippen molar-refractivity contribution >= 4 is 7.82 Å². The number of phosphoric ester groups is 1. The van der Waals surface area contributed by atoms with E-state index in [1.165, 1.54) is 0 Å². The van der Waals surface area contributed by atoms with Gasteiger partial charge in [0.1, 0.15) is 24.4 Å². The van der Waals surface area contributed by atoms with E-state index in [2.05, 4.69) is 9.26 Å². The molecule has 10 heteroatoms. The summed E-state index contributed by atoms with van der Waals surface area (Å²) in [7, 11) is -4.73. The molecule has 0 radical (unpaired) electrons. The highest BCUT2D eigenvalue weighted by atomic mass is 31.2. The Morgan fingerprint density at radius 1 is 1.06 bits per heavy atom. The van der Waals surface area contributed by atoms with Crippen LogP contribution in [0.4, 0.5) is 0 Å². The maximum Gasteiger partial charge on any atom is 0.469 e. The van der Waals surface area contributed by atoms with Crippen molar-refractivity contribution in [3.63, 3.8) is 0 Å². The second-order valence-corrected chi connectivity index (χ2v) is 4.56. The monoisotopic (exact) mass is 260 g/mol. The van der Waals surface area contributed by atoms with E-state index < -0.39 is 45.1 Å². The van der Waals surface area contributed by atoms with Gasteiger partial charge in [-0.05, 0) is 0 Å². The molecule has 1 saturated heterocycles. The second kappa shape index (κ2) is 5.05. The summed E-state index contributed by atoms with van der Waals surface area (Å²) in [5.41, 5.74) is 0. The molecule has 1 fully saturated rings. The summed E-state index contributed by atoms with van der Waals surface area (Å²) < 4.78 is 19.0. The lowest BCUT2D eigenvalue weighted by Crippen LogP contribution is -2.58. The number of aliphatic hydroxyl groups excluding tert-OH is 4. The maximum absolute atomic E-state index is 10.4. The van der Waals surface area contributed by atoms with Crippen LogP contribution < -0.4 is 0 Å². The van der Waals surface area contributed by atoms with Gasteiger partial charge in [-0.3, -0.25) is 4.52 Å². The number of hydrogen-bond donors (Lipinski definition) is 6. The Morgan fingerprint density at radius 3 is 2.12 bits per heavy atom. The Hall–Kier alpha value is -0.0900. The highest BCUT2D eigenvalue weighted by Crippen LogP contribution is 2.36. The molecule has 96 valence electrons. The van der Waals surface area contributed by atoms with Gasteiger partial charge < -0.3 is 34.9 Å². The normalized spacial score (nSPS) is 41.0. The summed E-state index contributed by atoms with van der Waals surface area (Å²) in [6.07, 6.45) is -8.11. The van der Waals surface area contributed by atoms with Crippen LogP contribution in [0.25, 0.3) is 0 Å². The van der Waals surface area contributed by atoms with Gasteiger partial charge in [-0.25, -0.2) is 4.57 Å². The van der Waals surface area contributed by atoms with E-state index in [-0.39, 0.29) is 0 Å². The summed E-state index contributed by atoms with van der Waals surface area (Å²) in [4.78, 5) is 16.8. The van der Waals surface area contributed by atoms with Crippen molar-refractivity contribution in [1.82, 2.24) is 0 Å². The summed E-state index contributed by atoms with van der Waals surface area (Å²) >= 11 is 0. The number of aliphatic hydroxyl groups is 4. The average Bonchev–Trinajstić information content (AvgIpc) is 2.17. The van der Waals surface area contributed by atoms with Gasteiger partial charge in [-0.2, -0.15) is 0 Å². The third-order valence-corrected chi connectivity index (χ3v) is 2.58. The van der Waals surface area contributed by atoms with Crippen LogP contribution in [-0.4, -0.2) is 67.5 Å². The smallest absolute Gasteiger partial charge is 0.387 e. The van der Waals surface area contributed by atoms with Gasteiger partial charge in [0.2, 0.25) is 0 Å². The Labute approximate surface area is 90.1 Å². The third kappa shape index (κ3) is 3.45. The molecule has 0 aromatic rings. The van der Waals surface area contributed by atoms with Crippen LogP contribution in [0.5, 0.6) is 0 Å². The molecule has 1 aliphatic heterocycles. The summed E-state index contributed by atoms with van der Waals surface area (Å²) in [5, 5.41) is 36.7. The zero-order chi connectivity index (χ0) is 12.5. The number of rotatable bonds is 3. The molecule has 0 aromatic carbocycles. The molecule has 6 N–H and O–H groups in total. The molecule has 9 nitrogen and oxygen atoms in total. The first kappa shape index (κ1) is 14.0. The van der Waals surface area contributed by atoms with Crippen molar-refractivity contribution in [1.29, 1.82) is 0 Å². The lowest BCUT2D eigenvalue weighted by Gasteiger charge is -2.38. The van der Waals surface area contributed by atoms with Crippen LogP contribution in [0.3, 0.4) is 0 Å². The van der Waals surface area contributed by atoms with E-state index in [0.717, 1.165) is 0 Å². The SMILES string of the molecule is O=P(O)(O)OCC1O[C@H](O)C(O)C(O)[C@@H]1O. The summed E-state index contributed by atoms with van der Waals surface area (Å²) in [6.45, 7) is -0.730. The first-order valence-electron chi connectivity index (χ1n) is 4.30. The van der Waals surface area contributed by atoms with Crippen LogP contribution in [-0.2, 0) is 13.8 Å². The van der Waals surface area contributed by atoms with Crippen molar-refractivity contribution < 1.29 is 44.0 Å². The Morgan fingerprint density at radius 2 is 1.62 bits per heavy atom. The number of phosphoric acid groups is 1. The van der Waals surface area contributed by atoms with Crippen LogP contribution in [0, 0.1) is 0 Å². The molecule has 5 atom stereocenters. The first-order chi connectivity index (χ1) is 7.22. The van der Waals surface area contributed by atoms with Crippen molar-refractivity contribution in [2.75, 3.05) is 6.61 Å². The fourth-order valence-corrected chi connectivity index (χ4v) is 1.58. The predicted molar refractivity (Wildman–Crippen MR) is 46.9 cm³/mol. The fraction of sp³-hybridized carbons (Fsp3) is 1.00. The molecule has 0 amide bonds. The molecule has 0 spiro atoms. The van der Waals surface area contributed by atoms with Crippen LogP contribution in [0.15, 0.2) is 0 Å². The standard InChI is InChI=1S/C6H13O9P/c7-3-2(1-14-16(11,12)13)15-6(10)5(9)4(3)8/h2-10H,1H2,(H2,11,12,13)/t2?,3-,4?,5?,6+/m1/s1. The predicted octanol–water partition coefficient (Wildman–Crippen LogP) is -3.10. The highest BCUT2D eigenvalue weighted by molar-refractivity contribution is 7.46. The van der Waals surface area contributed by atoms with Crippen molar-refractivity contribution in [2.45, 2.75) is 30.7 Å². The maximum atomic E-state index is 10.4. The molecular formula is C6H13O9P. The van der Waals surface area contributed by atoms with Gasteiger partial charge in [0.05, 0.1) is 6.61 Å². The van der Waals surface area contributed by atoms with Gasteiger partial charge in [0, 0.05) is 0 Å². The minimum Gasteiger partial charge on any atom is -0.387 e. The number of ether oxygens (including phenoxy) is 1. The fourth-order valence-electron chi connectivity index (χ4n) is 1.24. The average molecular weight is 260 g/mol. The van der Waals surface area contributed by atoms with E-state index >= 15 is 0 Å². The van der Waals surface area contributed by atoms with Crippen LogP contribution in [0.2, 0.25) is 0 Å². The molecule has 0 saturated carbocycles. The zero-order valence-electron chi connectivity index (χ0n) is 7.95. The minimum absolute atomic E-state index is 0.730. The van der Waals surface area contributed by atoms with E-state index in [4.69, 9.17) is 20.0 Å². The second-order valence-electron chi connectivity index (χ2n) is 3.32.